The third-order valence-corrected chi connectivity index (χ3v) is 3.62. The van der Waals surface area contributed by atoms with E-state index in [0.29, 0.717) is 11.9 Å². The Morgan fingerprint density at radius 3 is 2.22 bits per heavy atom. The Morgan fingerprint density at radius 2 is 1.74 bits per heavy atom. The summed E-state index contributed by atoms with van der Waals surface area (Å²) >= 11 is 17.1. The number of ether oxygens (including phenoxy) is 1. The van der Waals surface area contributed by atoms with Crippen molar-refractivity contribution < 1.29 is 14.6 Å². The standard InChI is InChI=1S/C8H6Cl2O3.C8H14ClN5/c1-13-7-5(10)3-2-4(9)6(7)8(11)12;1-4-10-7-12-6(9)13-8(14-7)11-5(2)3/h2-3H,1H3,(H,11,12);5H,4H2,1-3H3,(H2,10,11,12,13,14). The molecule has 2 aromatic rings. The Labute approximate surface area is 172 Å². The van der Waals surface area contributed by atoms with Crippen LogP contribution in [-0.4, -0.2) is 45.7 Å². The minimum Gasteiger partial charge on any atom is -0.494 e. The van der Waals surface area contributed by atoms with Crippen molar-refractivity contribution in [3.05, 3.63) is 33.0 Å². The van der Waals surface area contributed by atoms with Gasteiger partial charge in [-0.3, -0.25) is 0 Å². The first kappa shape index (κ1) is 23.0. The molecule has 0 saturated heterocycles. The Hall–Kier alpha value is -2.03. The molecule has 0 atom stereocenters. The van der Waals surface area contributed by atoms with Gasteiger partial charge in [0.2, 0.25) is 17.2 Å². The van der Waals surface area contributed by atoms with Gasteiger partial charge in [0.05, 0.1) is 17.2 Å². The molecule has 0 aliphatic rings. The average molecular weight is 437 g/mol. The molecule has 0 radical (unpaired) electrons. The van der Waals surface area contributed by atoms with E-state index in [9.17, 15) is 4.79 Å². The number of carbonyl (C=O) groups is 1. The van der Waals surface area contributed by atoms with Crippen LogP contribution in [0.25, 0.3) is 0 Å². The second-order valence-corrected chi connectivity index (χ2v) is 6.48. The summed E-state index contributed by atoms with van der Waals surface area (Å²) in [5, 5.41) is 15.3. The molecule has 27 heavy (non-hydrogen) atoms. The van der Waals surface area contributed by atoms with E-state index in [1.165, 1.54) is 19.2 Å². The van der Waals surface area contributed by atoms with Crippen molar-refractivity contribution in [2.24, 2.45) is 0 Å². The second-order valence-electron chi connectivity index (χ2n) is 5.32. The van der Waals surface area contributed by atoms with Crippen LogP contribution in [0.15, 0.2) is 12.1 Å². The third-order valence-electron chi connectivity index (χ3n) is 2.84. The van der Waals surface area contributed by atoms with Crippen molar-refractivity contribution in [2.75, 3.05) is 24.3 Å². The molecule has 0 spiro atoms. The van der Waals surface area contributed by atoms with E-state index < -0.39 is 5.97 Å². The number of nitrogens with zero attached hydrogens (tertiary/aromatic N) is 3. The van der Waals surface area contributed by atoms with Gasteiger partial charge in [-0.25, -0.2) is 4.79 Å². The van der Waals surface area contributed by atoms with Crippen LogP contribution in [0, 0.1) is 0 Å². The first-order valence-corrected chi connectivity index (χ1v) is 9.00. The van der Waals surface area contributed by atoms with Crippen LogP contribution in [0.5, 0.6) is 5.75 Å². The SMILES string of the molecule is CCNc1nc(Cl)nc(NC(C)C)n1.COc1c(Cl)ccc(Cl)c1C(=O)O. The highest BCUT2D eigenvalue weighted by atomic mass is 35.5. The van der Waals surface area contributed by atoms with Crippen molar-refractivity contribution in [2.45, 2.75) is 26.8 Å². The molecule has 0 aliphatic heterocycles. The van der Waals surface area contributed by atoms with Crippen molar-refractivity contribution in [3.8, 4) is 5.75 Å². The number of rotatable bonds is 6. The minimum atomic E-state index is -1.16. The van der Waals surface area contributed by atoms with Gasteiger partial charge in [-0.05, 0) is 44.5 Å². The molecule has 1 aromatic heterocycles. The Kier molecular flexibility index (Phi) is 9.34. The van der Waals surface area contributed by atoms with Gasteiger partial charge in [-0.15, -0.1) is 0 Å². The fraction of sp³-hybridized carbons (Fsp3) is 0.375. The molecular formula is C16H20Cl3N5O3. The van der Waals surface area contributed by atoms with E-state index in [4.69, 9.17) is 44.6 Å². The fourth-order valence-electron chi connectivity index (χ4n) is 1.84. The minimum absolute atomic E-state index is 0.0849. The van der Waals surface area contributed by atoms with Gasteiger partial charge in [-0.1, -0.05) is 23.2 Å². The maximum Gasteiger partial charge on any atom is 0.341 e. The summed E-state index contributed by atoms with van der Waals surface area (Å²) in [7, 11) is 1.34. The number of methoxy groups -OCH3 is 1. The number of halogens is 3. The smallest absolute Gasteiger partial charge is 0.341 e. The average Bonchev–Trinajstić information content (AvgIpc) is 2.56. The molecule has 1 aromatic carbocycles. The molecule has 11 heteroatoms. The zero-order chi connectivity index (χ0) is 20.6. The molecule has 0 aliphatic carbocycles. The highest BCUT2D eigenvalue weighted by Gasteiger charge is 2.18. The molecule has 0 fully saturated rings. The van der Waals surface area contributed by atoms with Crippen LogP contribution in [0.1, 0.15) is 31.1 Å². The lowest BCUT2D eigenvalue weighted by Crippen LogP contribution is -2.14. The topological polar surface area (TPSA) is 109 Å². The number of hydrogen-bond donors (Lipinski definition) is 3. The molecule has 3 N–H and O–H groups in total. The molecule has 2 rings (SSSR count). The summed E-state index contributed by atoms with van der Waals surface area (Å²) in [6.07, 6.45) is 0. The zero-order valence-electron chi connectivity index (χ0n) is 15.2. The maximum absolute atomic E-state index is 10.7. The van der Waals surface area contributed by atoms with Gasteiger partial charge >= 0.3 is 5.97 Å². The summed E-state index contributed by atoms with van der Waals surface area (Å²) in [5.74, 6) is -0.0855. The van der Waals surface area contributed by atoms with E-state index in [1.54, 1.807) is 0 Å². The van der Waals surface area contributed by atoms with Gasteiger partial charge in [0, 0.05) is 12.6 Å². The van der Waals surface area contributed by atoms with Gasteiger partial charge in [-0.2, -0.15) is 15.0 Å². The summed E-state index contributed by atoms with van der Waals surface area (Å²) in [6.45, 7) is 6.73. The number of hydrogen-bond acceptors (Lipinski definition) is 7. The van der Waals surface area contributed by atoms with Crippen LogP contribution in [0.3, 0.4) is 0 Å². The molecule has 148 valence electrons. The molecule has 0 amide bonds. The normalized spacial score (nSPS) is 10.1. The highest BCUT2D eigenvalue weighted by Crippen LogP contribution is 2.33. The van der Waals surface area contributed by atoms with Crippen LogP contribution >= 0.6 is 34.8 Å². The molecule has 1 heterocycles. The second kappa shape index (κ2) is 11.0. The van der Waals surface area contributed by atoms with Crippen LogP contribution in [0.4, 0.5) is 11.9 Å². The van der Waals surface area contributed by atoms with E-state index in [-0.39, 0.29) is 32.7 Å². The summed E-state index contributed by atoms with van der Waals surface area (Å²) in [5.41, 5.74) is -0.114. The number of carboxylic acids is 1. The summed E-state index contributed by atoms with van der Waals surface area (Å²) in [6, 6.07) is 3.16. The maximum atomic E-state index is 10.7. The predicted octanol–water partition coefficient (Wildman–Crippen LogP) is 4.48. The van der Waals surface area contributed by atoms with Crippen LogP contribution in [-0.2, 0) is 0 Å². The van der Waals surface area contributed by atoms with Crippen LogP contribution < -0.4 is 15.4 Å². The molecule has 8 nitrogen and oxygen atoms in total. The Morgan fingerprint density at radius 1 is 1.15 bits per heavy atom. The Bertz CT molecular complexity index is 790. The van der Waals surface area contributed by atoms with Gasteiger partial charge in [0.25, 0.3) is 0 Å². The van der Waals surface area contributed by atoms with E-state index >= 15 is 0 Å². The number of aromatic carboxylic acids is 1. The lowest BCUT2D eigenvalue weighted by Gasteiger charge is -2.09. The molecule has 0 unspecified atom stereocenters. The zero-order valence-corrected chi connectivity index (χ0v) is 17.4. The lowest BCUT2D eigenvalue weighted by atomic mass is 10.2. The number of aromatic nitrogens is 3. The van der Waals surface area contributed by atoms with Gasteiger partial charge < -0.3 is 20.5 Å². The summed E-state index contributed by atoms with van der Waals surface area (Å²) < 4.78 is 4.82. The number of benzene rings is 1. The lowest BCUT2D eigenvalue weighted by molar-refractivity contribution is 0.0693. The molecule has 0 saturated carbocycles. The monoisotopic (exact) mass is 435 g/mol. The number of anilines is 2. The number of carboxylic acid groups (broad SMARTS) is 1. The fourth-order valence-corrected chi connectivity index (χ4v) is 2.47. The van der Waals surface area contributed by atoms with Crippen molar-refractivity contribution in [1.82, 2.24) is 15.0 Å². The summed E-state index contributed by atoms with van der Waals surface area (Å²) in [4.78, 5) is 22.7. The third kappa shape index (κ3) is 7.24. The predicted molar refractivity (Wildman–Crippen MR) is 108 cm³/mol. The van der Waals surface area contributed by atoms with E-state index in [2.05, 4.69) is 25.6 Å². The van der Waals surface area contributed by atoms with E-state index in [1.807, 2.05) is 20.8 Å². The van der Waals surface area contributed by atoms with Gasteiger partial charge in [0.1, 0.15) is 5.56 Å². The van der Waals surface area contributed by atoms with Crippen molar-refractivity contribution in [1.29, 1.82) is 0 Å². The Balaban J connectivity index is 0.000000271. The largest absolute Gasteiger partial charge is 0.494 e. The van der Waals surface area contributed by atoms with Gasteiger partial charge in [0.15, 0.2) is 5.75 Å². The first-order valence-electron chi connectivity index (χ1n) is 7.86. The van der Waals surface area contributed by atoms with E-state index in [0.717, 1.165) is 6.54 Å². The van der Waals surface area contributed by atoms with Crippen molar-refractivity contribution >= 4 is 52.7 Å². The highest BCUT2D eigenvalue weighted by molar-refractivity contribution is 6.36. The van der Waals surface area contributed by atoms with Crippen molar-refractivity contribution in [3.63, 3.8) is 0 Å². The van der Waals surface area contributed by atoms with Crippen LogP contribution in [0.2, 0.25) is 15.3 Å². The molecular weight excluding hydrogens is 417 g/mol. The number of nitrogens with one attached hydrogen (secondary N) is 2. The first-order chi connectivity index (χ1) is 12.7. The molecule has 0 bridgehead atoms. The quantitative estimate of drug-likeness (QED) is 0.608.